The maximum absolute atomic E-state index is 13.0. The van der Waals surface area contributed by atoms with Gasteiger partial charge in [-0.3, -0.25) is 14.9 Å². The summed E-state index contributed by atoms with van der Waals surface area (Å²) in [6.07, 6.45) is 0.655. The highest BCUT2D eigenvalue weighted by Crippen LogP contribution is 2.39. The quantitative estimate of drug-likeness (QED) is 0.500. The fraction of sp³-hybridized carbons (Fsp3) is 0.389. The minimum absolute atomic E-state index is 0.00787. The van der Waals surface area contributed by atoms with Crippen LogP contribution in [0.25, 0.3) is 0 Å². The molecule has 1 aromatic heterocycles. The highest BCUT2D eigenvalue weighted by Gasteiger charge is 2.51. The molecule has 9 nitrogen and oxygen atoms in total. The van der Waals surface area contributed by atoms with Gasteiger partial charge in [0.2, 0.25) is 0 Å². The van der Waals surface area contributed by atoms with E-state index in [1.54, 1.807) is 22.4 Å². The van der Waals surface area contributed by atoms with E-state index in [-0.39, 0.29) is 46.0 Å². The van der Waals surface area contributed by atoms with E-state index in [0.717, 1.165) is 17.4 Å². The summed E-state index contributed by atoms with van der Waals surface area (Å²) in [6, 6.07) is 6.99. The van der Waals surface area contributed by atoms with Crippen molar-refractivity contribution in [2.75, 3.05) is 26.2 Å². The van der Waals surface area contributed by atoms with Gasteiger partial charge in [-0.2, -0.15) is 4.31 Å². The highest BCUT2D eigenvalue weighted by molar-refractivity contribution is 7.91. The molecule has 2 fully saturated rings. The molecule has 0 saturated carbocycles. The second kappa shape index (κ2) is 7.89. The number of hydrogen-bond acceptors (Lipinski definition) is 7. The molecule has 0 radical (unpaired) electrons. The molecule has 160 valence electrons. The van der Waals surface area contributed by atoms with Crippen molar-refractivity contribution >= 4 is 44.6 Å². The molecule has 0 N–H and O–H groups in total. The number of nitro groups is 1. The fourth-order valence-electron chi connectivity index (χ4n) is 3.87. The van der Waals surface area contributed by atoms with Gasteiger partial charge in [0, 0.05) is 44.6 Å². The zero-order chi connectivity index (χ0) is 21.5. The van der Waals surface area contributed by atoms with E-state index in [1.807, 2.05) is 0 Å². The largest absolute Gasteiger partial charge is 0.358 e. The van der Waals surface area contributed by atoms with Gasteiger partial charge in [-0.25, -0.2) is 8.42 Å². The van der Waals surface area contributed by atoms with E-state index in [0.29, 0.717) is 19.4 Å². The Hall–Kier alpha value is -2.05. The normalized spacial score (nSPS) is 19.3. The minimum atomic E-state index is -3.67. The van der Waals surface area contributed by atoms with Crippen LogP contribution < -0.4 is 0 Å². The maximum Gasteiger partial charge on any atom is 0.270 e. The molecule has 2 aliphatic rings. The number of halogens is 1. The molecule has 2 saturated heterocycles. The first-order valence-corrected chi connectivity index (χ1v) is 11.9. The number of carbonyl (C=O) groups excluding carboxylic acids is 1. The Morgan fingerprint density at radius 3 is 2.57 bits per heavy atom. The average Bonchev–Trinajstić information content (AvgIpc) is 3.39. The second-order valence-corrected chi connectivity index (χ2v) is 10.5. The zero-order valence-corrected chi connectivity index (χ0v) is 18.1. The second-order valence-electron chi connectivity index (χ2n) is 7.02. The molecule has 0 aliphatic carbocycles. The lowest BCUT2D eigenvalue weighted by atomic mass is 10.00. The molecule has 30 heavy (non-hydrogen) atoms. The molecule has 4 rings (SSSR count). The van der Waals surface area contributed by atoms with E-state index in [2.05, 4.69) is 0 Å². The van der Waals surface area contributed by atoms with Crippen LogP contribution in [0.5, 0.6) is 0 Å². The van der Waals surface area contributed by atoms with Crippen LogP contribution in [-0.4, -0.2) is 60.4 Å². The summed E-state index contributed by atoms with van der Waals surface area (Å²) in [5.41, 5.74) is -0.990. The number of ether oxygens (including phenoxy) is 1. The smallest absolute Gasteiger partial charge is 0.270 e. The van der Waals surface area contributed by atoms with Gasteiger partial charge in [0.1, 0.15) is 9.93 Å². The van der Waals surface area contributed by atoms with Crippen LogP contribution in [-0.2, 0) is 14.8 Å². The number of nitro benzene ring substituents is 1. The lowest BCUT2D eigenvalue weighted by molar-refractivity contribution is -0.384. The Bertz CT molecular complexity index is 1080. The first-order valence-electron chi connectivity index (χ1n) is 9.18. The van der Waals surface area contributed by atoms with Crippen LogP contribution >= 0.6 is 22.9 Å². The third kappa shape index (κ3) is 3.60. The van der Waals surface area contributed by atoms with Crippen LogP contribution in [0.3, 0.4) is 0 Å². The number of benzene rings is 1. The number of likely N-dealkylation sites (tertiary alicyclic amines) is 1. The lowest BCUT2D eigenvalue weighted by Gasteiger charge is -2.42. The number of nitrogens with zero attached hydrogens (tertiary/aromatic N) is 3. The molecular weight excluding hydrogens is 454 g/mol. The maximum atomic E-state index is 13.0. The molecule has 12 heteroatoms. The molecule has 2 aromatic rings. The molecule has 0 bridgehead atoms. The Kier molecular flexibility index (Phi) is 5.58. The van der Waals surface area contributed by atoms with Gasteiger partial charge in [0.25, 0.3) is 21.6 Å². The summed E-state index contributed by atoms with van der Waals surface area (Å²) in [7, 11) is -3.67. The van der Waals surface area contributed by atoms with E-state index >= 15 is 0 Å². The third-order valence-electron chi connectivity index (χ3n) is 5.38. The molecule has 0 unspecified atom stereocenters. The third-order valence-corrected chi connectivity index (χ3v) is 9.02. The molecular formula is C18H18ClN3O6S2. The van der Waals surface area contributed by atoms with Gasteiger partial charge in [0.05, 0.1) is 22.1 Å². The van der Waals surface area contributed by atoms with E-state index in [4.69, 9.17) is 16.3 Å². The number of carbonyl (C=O) groups is 1. The number of non-ortho nitro benzene ring substituents is 1. The number of sulfonamides is 1. The Morgan fingerprint density at radius 2 is 1.97 bits per heavy atom. The van der Waals surface area contributed by atoms with Crippen molar-refractivity contribution in [1.29, 1.82) is 0 Å². The number of piperidine rings is 1. The lowest BCUT2D eigenvalue weighted by Crippen LogP contribution is -2.55. The standard InChI is InChI=1S/C18H18ClN3O6S2/c19-15-12-13(22(24)25)3-4-14(15)17(23)20-7-5-18(6-8-20)21(9-10-28-18)30(26,27)16-2-1-11-29-16/h1-4,11-12H,5-10H2. The first-order chi connectivity index (χ1) is 14.2. The van der Waals surface area contributed by atoms with E-state index in [1.165, 1.54) is 16.4 Å². The van der Waals surface area contributed by atoms with Crippen LogP contribution in [0.15, 0.2) is 39.9 Å². The van der Waals surface area contributed by atoms with Crippen LogP contribution in [0.4, 0.5) is 5.69 Å². The highest BCUT2D eigenvalue weighted by atomic mass is 35.5. The molecule has 1 spiro atoms. The monoisotopic (exact) mass is 471 g/mol. The van der Waals surface area contributed by atoms with Gasteiger partial charge >= 0.3 is 0 Å². The van der Waals surface area contributed by atoms with Crippen molar-refractivity contribution in [3.8, 4) is 0 Å². The Balaban J connectivity index is 1.51. The van der Waals surface area contributed by atoms with Gasteiger partial charge < -0.3 is 9.64 Å². The topological polar surface area (TPSA) is 110 Å². The number of amides is 1. The first kappa shape index (κ1) is 21.2. The Morgan fingerprint density at radius 1 is 1.23 bits per heavy atom. The zero-order valence-electron chi connectivity index (χ0n) is 15.7. The minimum Gasteiger partial charge on any atom is -0.358 e. The summed E-state index contributed by atoms with van der Waals surface area (Å²) >= 11 is 7.24. The van der Waals surface area contributed by atoms with Crippen LogP contribution in [0.1, 0.15) is 23.2 Å². The fourth-order valence-corrected chi connectivity index (χ4v) is 6.95. The van der Waals surface area contributed by atoms with Gasteiger partial charge in [-0.15, -0.1) is 11.3 Å². The predicted molar refractivity (Wildman–Crippen MR) is 110 cm³/mol. The van der Waals surface area contributed by atoms with Gasteiger partial charge in [0.15, 0.2) is 0 Å². The summed E-state index contributed by atoms with van der Waals surface area (Å²) in [6.45, 7) is 1.13. The summed E-state index contributed by atoms with van der Waals surface area (Å²) < 4.78 is 33.6. The van der Waals surface area contributed by atoms with E-state index in [9.17, 15) is 23.3 Å². The molecule has 2 aliphatic heterocycles. The van der Waals surface area contributed by atoms with Crippen molar-refractivity contribution in [1.82, 2.24) is 9.21 Å². The van der Waals surface area contributed by atoms with Crippen LogP contribution in [0.2, 0.25) is 5.02 Å². The predicted octanol–water partition coefficient (Wildman–Crippen LogP) is 2.96. The van der Waals surface area contributed by atoms with E-state index < -0.39 is 20.7 Å². The van der Waals surface area contributed by atoms with Gasteiger partial charge in [-0.05, 0) is 17.5 Å². The number of hydrogen-bond donors (Lipinski definition) is 0. The van der Waals surface area contributed by atoms with Crippen molar-refractivity contribution < 1.29 is 22.9 Å². The summed E-state index contributed by atoms with van der Waals surface area (Å²) in [5, 5.41) is 12.6. The molecule has 1 amide bonds. The average molecular weight is 472 g/mol. The number of rotatable bonds is 4. The molecule has 3 heterocycles. The van der Waals surface area contributed by atoms with Crippen LogP contribution in [0, 0.1) is 10.1 Å². The summed E-state index contributed by atoms with van der Waals surface area (Å²) in [4.78, 5) is 24.7. The van der Waals surface area contributed by atoms with Crippen molar-refractivity contribution in [3.05, 3.63) is 56.4 Å². The van der Waals surface area contributed by atoms with Crippen molar-refractivity contribution in [3.63, 3.8) is 0 Å². The SMILES string of the molecule is O=C(c1ccc([N+](=O)[O-])cc1Cl)N1CCC2(CC1)OCCN2S(=O)(=O)c1cccs1. The van der Waals surface area contributed by atoms with Crippen molar-refractivity contribution in [2.45, 2.75) is 22.8 Å². The molecule has 1 aromatic carbocycles. The number of thiophene rings is 1. The molecule has 0 atom stereocenters. The van der Waals surface area contributed by atoms with Crippen molar-refractivity contribution in [2.24, 2.45) is 0 Å². The summed E-state index contributed by atoms with van der Waals surface area (Å²) in [5.74, 6) is -0.351. The Labute approximate surface area is 182 Å². The van der Waals surface area contributed by atoms with Gasteiger partial charge in [-0.1, -0.05) is 17.7 Å².